The van der Waals surface area contributed by atoms with E-state index in [4.69, 9.17) is 11.5 Å². The number of hydrogen-bond donors (Lipinski definition) is 2. The van der Waals surface area contributed by atoms with Gasteiger partial charge in [0.2, 0.25) is 5.91 Å². The molecule has 1 saturated heterocycles. The number of pyridine rings is 1. The summed E-state index contributed by atoms with van der Waals surface area (Å²) in [7, 11) is 1.85. The van der Waals surface area contributed by atoms with Gasteiger partial charge >= 0.3 is 0 Å². The maximum Gasteiger partial charge on any atom is 0.227 e. The molecule has 110 valence electrons. The number of aromatic nitrogens is 1. The van der Waals surface area contributed by atoms with E-state index in [1.54, 1.807) is 11.0 Å². The predicted octanol–water partition coefficient (Wildman–Crippen LogP) is 0.941. The molecule has 0 radical (unpaired) electrons. The van der Waals surface area contributed by atoms with Crippen molar-refractivity contribution in [2.75, 3.05) is 43.0 Å². The third-order valence-corrected chi connectivity index (χ3v) is 3.89. The molecule has 1 aromatic heterocycles. The highest BCUT2D eigenvalue weighted by molar-refractivity contribution is 5.79. The average Bonchev–Trinajstić information content (AvgIpc) is 2.48. The molecule has 4 N–H and O–H groups in total. The molecule has 1 atom stereocenters. The number of nitrogen functional groups attached to an aromatic ring is 2. The average molecular weight is 277 g/mol. The topological polar surface area (TPSA) is 88.5 Å². The van der Waals surface area contributed by atoms with Gasteiger partial charge < -0.3 is 21.3 Å². The van der Waals surface area contributed by atoms with Crippen LogP contribution in [0.1, 0.15) is 19.8 Å². The van der Waals surface area contributed by atoms with Crippen molar-refractivity contribution in [3.05, 3.63) is 12.1 Å². The highest BCUT2D eigenvalue weighted by Crippen LogP contribution is 2.25. The zero-order valence-electron chi connectivity index (χ0n) is 12.2. The Labute approximate surface area is 119 Å². The van der Waals surface area contributed by atoms with E-state index in [0.717, 1.165) is 31.7 Å². The lowest BCUT2D eigenvalue weighted by molar-refractivity contribution is -0.134. The monoisotopic (exact) mass is 277 g/mol. The summed E-state index contributed by atoms with van der Waals surface area (Å²) in [5.41, 5.74) is 11.9. The molecule has 0 aromatic carbocycles. The van der Waals surface area contributed by atoms with Gasteiger partial charge in [-0.25, -0.2) is 4.98 Å². The Morgan fingerprint density at radius 2 is 2.25 bits per heavy atom. The fourth-order valence-corrected chi connectivity index (χ4v) is 2.51. The largest absolute Gasteiger partial charge is 0.396 e. The lowest BCUT2D eigenvalue weighted by Gasteiger charge is -2.34. The minimum Gasteiger partial charge on any atom is -0.396 e. The van der Waals surface area contributed by atoms with E-state index < -0.39 is 0 Å². The first-order valence-electron chi connectivity index (χ1n) is 7.04. The SMILES string of the molecule is CCN(C)C(=O)[C@@H]1CCCN(c2ccc(N)c(N)n2)C1. The molecule has 0 spiro atoms. The number of piperidine rings is 1. The van der Waals surface area contributed by atoms with E-state index >= 15 is 0 Å². The summed E-state index contributed by atoms with van der Waals surface area (Å²) in [6.07, 6.45) is 1.92. The number of carbonyl (C=O) groups is 1. The number of amides is 1. The van der Waals surface area contributed by atoms with Gasteiger partial charge in [0.1, 0.15) is 11.6 Å². The van der Waals surface area contributed by atoms with E-state index in [2.05, 4.69) is 9.88 Å². The minimum atomic E-state index is 0.0364. The van der Waals surface area contributed by atoms with Crippen LogP contribution >= 0.6 is 0 Å². The molecule has 1 aromatic rings. The third-order valence-electron chi connectivity index (χ3n) is 3.89. The summed E-state index contributed by atoms with van der Waals surface area (Å²) in [6.45, 7) is 4.32. The van der Waals surface area contributed by atoms with Gasteiger partial charge in [0, 0.05) is 26.7 Å². The lowest BCUT2D eigenvalue weighted by Crippen LogP contribution is -2.44. The van der Waals surface area contributed by atoms with Crippen LogP contribution in [0.2, 0.25) is 0 Å². The smallest absolute Gasteiger partial charge is 0.227 e. The van der Waals surface area contributed by atoms with E-state index in [-0.39, 0.29) is 11.8 Å². The fourth-order valence-electron chi connectivity index (χ4n) is 2.51. The van der Waals surface area contributed by atoms with Gasteiger partial charge in [-0.15, -0.1) is 0 Å². The van der Waals surface area contributed by atoms with Crippen LogP contribution in [0.3, 0.4) is 0 Å². The van der Waals surface area contributed by atoms with Crippen LogP contribution in [0.5, 0.6) is 0 Å². The number of hydrogen-bond acceptors (Lipinski definition) is 5. The molecular weight excluding hydrogens is 254 g/mol. The van der Waals surface area contributed by atoms with Crippen LogP contribution in [0.4, 0.5) is 17.3 Å². The minimum absolute atomic E-state index is 0.0364. The number of nitrogens with zero attached hydrogens (tertiary/aromatic N) is 3. The molecular formula is C14H23N5O. The molecule has 1 aliphatic heterocycles. The van der Waals surface area contributed by atoms with Gasteiger partial charge in [0.05, 0.1) is 11.6 Å². The summed E-state index contributed by atoms with van der Waals surface area (Å²) in [5, 5.41) is 0. The Morgan fingerprint density at radius 1 is 1.50 bits per heavy atom. The van der Waals surface area contributed by atoms with Crippen molar-refractivity contribution >= 4 is 23.2 Å². The zero-order chi connectivity index (χ0) is 14.7. The number of carbonyl (C=O) groups excluding carboxylic acids is 1. The van der Waals surface area contributed by atoms with E-state index in [1.807, 2.05) is 20.0 Å². The van der Waals surface area contributed by atoms with Crippen LogP contribution < -0.4 is 16.4 Å². The zero-order valence-corrected chi connectivity index (χ0v) is 12.2. The van der Waals surface area contributed by atoms with Crippen molar-refractivity contribution in [2.24, 2.45) is 5.92 Å². The molecule has 2 rings (SSSR count). The van der Waals surface area contributed by atoms with Gasteiger partial charge in [-0.05, 0) is 31.9 Å². The Balaban J connectivity index is 2.10. The third kappa shape index (κ3) is 2.95. The van der Waals surface area contributed by atoms with Gasteiger partial charge in [0.15, 0.2) is 0 Å². The molecule has 0 aliphatic carbocycles. The number of rotatable bonds is 3. The van der Waals surface area contributed by atoms with Crippen LogP contribution in [0.25, 0.3) is 0 Å². The Kier molecular flexibility index (Phi) is 4.32. The molecule has 2 heterocycles. The fraction of sp³-hybridized carbons (Fsp3) is 0.571. The summed E-state index contributed by atoms with van der Waals surface area (Å²) < 4.78 is 0. The van der Waals surface area contributed by atoms with E-state index in [0.29, 0.717) is 18.1 Å². The molecule has 1 fully saturated rings. The van der Waals surface area contributed by atoms with E-state index in [1.165, 1.54) is 0 Å². The van der Waals surface area contributed by atoms with Crippen LogP contribution in [-0.2, 0) is 4.79 Å². The van der Waals surface area contributed by atoms with Crippen LogP contribution in [0.15, 0.2) is 12.1 Å². The van der Waals surface area contributed by atoms with Crippen molar-refractivity contribution in [1.29, 1.82) is 0 Å². The van der Waals surface area contributed by atoms with E-state index in [9.17, 15) is 4.79 Å². The molecule has 1 amide bonds. The Hall–Kier alpha value is -1.98. The number of anilines is 3. The second kappa shape index (κ2) is 5.98. The second-order valence-electron chi connectivity index (χ2n) is 5.28. The first-order chi connectivity index (χ1) is 9.52. The maximum atomic E-state index is 12.3. The summed E-state index contributed by atoms with van der Waals surface area (Å²) >= 11 is 0. The Bertz CT molecular complexity index is 490. The van der Waals surface area contributed by atoms with Crippen molar-refractivity contribution in [1.82, 2.24) is 9.88 Å². The first kappa shape index (κ1) is 14.4. The quantitative estimate of drug-likeness (QED) is 0.858. The van der Waals surface area contributed by atoms with Crippen molar-refractivity contribution < 1.29 is 4.79 Å². The van der Waals surface area contributed by atoms with Gasteiger partial charge in [0.25, 0.3) is 0 Å². The molecule has 20 heavy (non-hydrogen) atoms. The molecule has 1 aliphatic rings. The molecule has 6 nitrogen and oxygen atoms in total. The van der Waals surface area contributed by atoms with Crippen LogP contribution in [-0.4, -0.2) is 42.5 Å². The van der Waals surface area contributed by atoms with Gasteiger partial charge in [-0.1, -0.05) is 0 Å². The molecule has 0 bridgehead atoms. The molecule has 0 unspecified atom stereocenters. The summed E-state index contributed by atoms with van der Waals surface area (Å²) in [5.74, 6) is 1.39. The molecule has 0 saturated carbocycles. The highest BCUT2D eigenvalue weighted by Gasteiger charge is 2.28. The number of nitrogens with two attached hydrogens (primary N) is 2. The predicted molar refractivity (Wildman–Crippen MR) is 81.3 cm³/mol. The lowest BCUT2D eigenvalue weighted by atomic mass is 9.96. The molecule has 6 heteroatoms. The van der Waals surface area contributed by atoms with Crippen molar-refractivity contribution in [3.8, 4) is 0 Å². The van der Waals surface area contributed by atoms with Crippen molar-refractivity contribution in [2.45, 2.75) is 19.8 Å². The van der Waals surface area contributed by atoms with Gasteiger partial charge in [-0.2, -0.15) is 0 Å². The van der Waals surface area contributed by atoms with Crippen LogP contribution in [0, 0.1) is 5.92 Å². The summed E-state index contributed by atoms with van der Waals surface area (Å²) in [4.78, 5) is 20.5. The standard InChI is InChI=1S/C14H23N5O/c1-3-18(2)14(20)10-5-4-8-19(9-10)12-7-6-11(15)13(16)17-12/h6-7,10H,3-5,8-9,15H2,1-2H3,(H2,16,17)/t10-/m1/s1. The normalized spacial score (nSPS) is 18.9. The maximum absolute atomic E-state index is 12.3. The first-order valence-corrected chi connectivity index (χ1v) is 7.04. The van der Waals surface area contributed by atoms with Crippen molar-refractivity contribution in [3.63, 3.8) is 0 Å². The second-order valence-corrected chi connectivity index (χ2v) is 5.28. The Morgan fingerprint density at radius 3 is 2.90 bits per heavy atom. The highest BCUT2D eigenvalue weighted by atomic mass is 16.2. The van der Waals surface area contributed by atoms with Gasteiger partial charge in [-0.3, -0.25) is 4.79 Å². The summed E-state index contributed by atoms with van der Waals surface area (Å²) in [6, 6.07) is 3.63.